The summed E-state index contributed by atoms with van der Waals surface area (Å²) in [4.78, 5) is 11.0. The van der Waals surface area contributed by atoms with Gasteiger partial charge < -0.3 is 14.9 Å². The molecule has 0 aliphatic rings. The highest BCUT2D eigenvalue weighted by Gasteiger charge is 2.17. The summed E-state index contributed by atoms with van der Waals surface area (Å²) in [6.45, 7) is 5.00. The zero-order valence-corrected chi connectivity index (χ0v) is 8.20. The zero-order valence-electron chi connectivity index (χ0n) is 8.20. The predicted molar refractivity (Wildman–Crippen MR) is 47.1 cm³/mol. The molecule has 1 amide bonds. The topological polar surface area (TPSA) is 78.8 Å². The van der Waals surface area contributed by atoms with Crippen molar-refractivity contribution in [1.82, 2.24) is 5.32 Å². The molecule has 0 aliphatic carbocycles. The van der Waals surface area contributed by atoms with Gasteiger partial charge in [-0.2, -0.15) is 0 Å². The van der Waals surface area contributed by atoms with Gasteiger partial charge in [-0.25, -0.2) is 4.79 Å². The van der Waals surface area contributed by atoms with Gasteiger partial charge in [0.15, 0.2) is 0 Å². The average Bonchev–Trinajstić information content (AvgIpc) is 1.81. The summed E-state index contributed by atoms with van der Waals surface area (Å²) in [5.41, 5.74) is -0.580. The van der Waals surface area contributed by atoms with Gasteiger partial charge in [0.1, 0.15) is 11.8 Å². The number of hydrogen-bond donors (Lipinski definition) is 3. The lowest BCUT2D eigenvalue weighted by Gasteiger charge is -2.21. The molecule has 0 spiro atoms. The first-order chi connectivity index (χ1) is 5.85. The van der Waals surface area contributed by atoms with Gasteiger partial charge in [-0.3, -0.25) is 5.32 Å². The van der Waals surface area contributed by atoms with E-state index in [2.05, 4.69) is 5.32 Å². The summed E-state index contributed by atoms with van der Waals surface area (Å²) in [6.07, 6.45) is -1.65. The molecule has 5 heteroatoms. The maximum Gasteiger partial charge on any atom is 0.409 e. The number of carbonyl (C=O) groups excluding carboxylic acids is 1. The Labute approximate surface area is 77.7 Å². The van der Waals surface area contributed by atoms with E-state index in [9.17, 15) is 4.79 Å². The van der Waals surface area contributed by atoms with Crippen molar-refractivity contribution >= 4 is 6.09 Å². The standard InChI is InChI=1S/C8H17NO4/c1-8(2,3)13-7(12)9-6(11)4-5-10/h6,10-11H,4-5H2,1-3H3,(H,9,12). The summed E-state index contributed by atoms with van der Waals surface area (Å²) in [6, 6.07) is 0. The number of rotatable bonds is 3. The van der Waals surface area contributed by atoms with Crippen LogP contribution in [0.2, 0.25) is 0 Å². The fourth-order valence-corrected chi connectivity index (χ4v) is 0.638. The second kappa shape index (κ2) is 5.04. The van der Waals surface area contributed by atoms with Gasteiger partial charge in [0.25, 0.3) is 0 Å². The number of aliphatic hydroxyl groups is 2. The van der Waals surface area contributed by atoms with Crippen molar-refractivity contribution in [3.8, 4) is 0 Å². The average molecular weight is 191 g/mol. The molecule has 13 heavy (non-hydrogen) atoms. The first-order valence-electron chi connectivity index (χ1n) is 4.13. The molecule has 0 aliphatic heterocycles. The highest BCUT2D eigenvalue weighted by molar-refractivity contribution is 5.67. The molecule has 0 aromatic carbocycles. The third kappa shape index (κ3) is 7.55. The van der Waals surface area contributed by atoms with Crippen LogP contribution in [-0.2, 0) is 4.74 Å². The molecule has 0 saturated carbocycles. The summed E-state index contributed by atoms with van der Waals surface area (Å²) in [5.74, 6) is 0. The molecular formula is C8H17NO4. The normalized spacial score (nSPS) is 13.6. The van der Waals surface area contributed by atoms with E-state index in [0.29, 0.717) is 0 Å². The van der Waals surface area contributed by atoms with Crippen LogP contribution in [0.5, 0.6) is 0 Å². The fraction of sp³-hybridized carbons (Fsp3) is 0.875. The lowest BCUT2D eigenvalue weighted by atomic mass is 10.2. The van der Waals surface area contributed by atoms with E-state index in [1.807, 2.05) is 0 Å². The largest absolute Gasteiger partial charge is 0.444 e. The molecule has 1 atom stereocenters. The molecule has 0 radical (unpaired) electrons. The Morgan fingerprint density at radius 1 is 1.54 bits per heavy atom. The Kier molecular flexibility index (Phi) is 4.72. The molecule has 5 nitrogen and oxygen atoms in total. The van der Waals surface area contributed by atoms with Crippen LogP contribution in [0.3, 0.4) is 0 Å². The van der Waals surface area contributed by atoms with Gasteiger partial charge in [0, 0.05) is 13.0 Å². The van der Waals surface area contributed by atoms with E-state index in [-0.39, 0.29) is 13.0 Å². The third-order valence-electron chi connectivity index (χ3n) is 1.09. The number of amides is 1. The van der Waals surface area contributed by atoms with Crippen LogP contribution >= 0.6 is 0 Å². The van der Waals surface area contributed by atoms with E-state index < -0.39 is 17.9 Å². The van der Waals surface area contributed by atoms with Crippen LogP contribution in [0.1, 0.15) is 27.2 Å². The second-order valence-electron chi connectivity index (χ2n) is 3.67. The third-order valence-corrected chi connectivity index (χ3v) is 1.09. The number of ether oxygens (including phenoxy) is 1. The molecular weight excluding hydrogens is 174 g/mol. The lowest BCUT2D eigenvalue weighted by molar-refractivity contribution is 0.0315. The quantitative estimate of drug-likeness (QED) is 0.557. The molecule has 0 saturated heterocycles. The van der Waals surface area contributed by atoms with Gasteiger partial charge in [0.2, 0.25) is 0 Å². The highest BCUT2D eigenvalue weighted by atomic mass is 16.6. The van der Waals surface area contributed by atoms with E-state index in [1.54, 1.807) is 20.8 Å². The summed E-state index contributed by atoms with van der Waals surface area (Å²) in [7, 11) is 0. The van der Waals surface area contributed by atoms with E-state index in [1.165, 1.54) is 0 Å². The van der Waals surface area contributed by atoms with Crippen LogP contribution < -0.4 is 5.32 Å². The summed E-state index contributed by atoms with van der Waals surface area (Å²) in [5, 5.41) is 19.6. The Hall–Kier alpha value is -0.810. The van der Waals surface area contributed by atoms with Gasteiger partial charge in [0.05, 0.1) is 0 Å². The number of nitrogens with one attached hydrogen (secondary N) is 1. The molecule has 78 valence electrons. The first-order valence-corrected chi connectivity index (χ1v) is 4.13. The van der Waals surface area contributed by atoms with Crippen molar-refractivity contribution in [3.05, 3.63) is 0 Å². The second-order valence-corrected chi connectivity index (χ2v) is 3.67. The van der Waals surface area contributed by atoms with Gasteiger partial charge in [-0.15, -0.1) is 0 Å². The van der Waals surface area contributed by atoms with Crippen LogP contribution in [0.15, 0.2) is 0 Å². The number of carbonyl (C=O) groups is 1. The minimum Gasteiger partial charge on any atom is -0.444 e. The lowest BCUT2D eigenvalue weighted by Crippen LogP contribution is -2.39. The first kappa shape index (κ1) is 12.2. The highest BCUT2D eigenvalue weighted by Crippen LogP contribution is 2.06. The molecule has 0 fully saturated rings. The predicted octanol–water partition coefficient (Wildman–Crippen LogP) is 0.212. The van der Waals surface area contributed by atoms with Crippen LogP contribution in [0, 0.1) is 0 Å². The van der Waals surface area contributed by atoms with E-state index in [0.717, 1.165) is 0 Å². The van der Waals surface area contributed by atoms with Crippen molar-refractivity contribution in [2.45, 2.75) is 39.0 Å². The van der Waals surface area contributed by atoms with Gasteiger partial charge in [-0.1, -0.05) is 0 Å². The molecule has 3 N–H and O–H groups in total. The van der Waals surface area contributed by atoms with Crippen molar-refractivity contribution in [3.63, 3.8) is 0 Å². The van der Waals surface area contributed by atoms with Crippen molar-refractivity contribution in [1.29, 1.82) is 0 Å². The summed E-state index contributed by atoms with van der Waals surface area (Å²) < 4.78 is 4.86. The van der Waals surface area contributed by atoms with Crippen LogP contribution in [0.25, 0.3) is 0 Å². The SMILES string of the molecule is CC(C)(C)OC(=O)NC(O)CCO. The molecule has 0 aromatic rings. The monoisotopic (exact) mass is 191 g/mol. The number of hydrogen-bond acceptors (Lipinski definition) is 4. The van der Waals surface area contributed by atoms with Crippen molar-refractivity contribution in [2.24, 2.45) is 0 Å². The summed E-state index contributed by atoms with van der Waals surface area (Å²) >= 11 is 0. The molecule has 1 unspecified atom stereocenters. The molecule has 0 bridgehead atoms. The van der Waals surface area contributed by atoms with Crippen LogP contribution in [-0.4, -0.2) is 34.7 Å². The zero-order chi connectivity index (χ0) is 10.5. The van der Waals surface area contributed by atoms with Crippen LogP contribution in [0.4, 0.5) is 4.79 Å². The smallest absolute Gasteiger partial charge is 0.409 e. The minimum atomic E-state index is -1.06. The Bertz CT molecular complexity index is 164. The maximum atomic E-state index is 11.0. The molecule has 0 heterocycles. The molecule has 0 rings (SSSR count). The fourth-order valence-electron chi connectivity index (χ4n) is 0.638. The molecule has 0 aromatic heterocycles. The Morgan fingerprint density at radius 3 is 2.46 bits per heavy atom. The number of alkyl carbamates (subject to hydrolysis) is 1. The maximum absolute atomic E-state index is 11.0. The Morgan fingerprint density at radius 2 is 2.08 bits per heavy atom. The van der Waals surface area contributed by atoms with E-state index >= 15 is 0 Å². The van der Waals surface area contributed by atoms with E-state index in [4.69, 9.17) is 14.9 Å². The van der Waals surface area contributed by atoms with Gasteiger partial charge >= 0.3 is 6.09 Å². The van der Waals surface area contributed by atoms with Crippen molar-refractivity contribution in [2.75, 3.05) is 6.61 Å². The Balaban J connectivity index is 3.74. The minimum absolute atomic E-state index is 0.0965. The van der Waals surface area contributed by atoms with Gasteiger partial charge in [-0.05, 0) is 20.8 Å². The number of aliphatic hydroxyl groups excluding tert-OH is 2. The van der Waals surface area contributed by atoms with Crippen molar-refractivity contribution < 1.29 is 19.7 Å².